The van der Waals surface area contributed by atoms with Gasteiger partial charge in [-0.3, -0.25) is 4.90 Å². The van der Waals surface area contributed by atoms with Gasteiger partial charge in [-0.15, -0.1) is 0 Å². The van der Waals surface area contributed by atoms with Crippen LogP contribution in [-0.4, -0.2) is 35.6 Å². The highest BCUT2D eigenvalue weighted by molar-refractivity contribution is 5.04. The van der Waals surface area contributed by atoms with Gasteiger partial charge in [-0.2, -0.15) is 0 Å². The lowest BCUT2D eigenvalue weighted by atomic mass is 9.90. The molecule has 0 aromatic heterocycles. The highest BCUT2D eigenvalue weighted by Crippen LogP contribution is 2.41. The van der Waals surface area contributed by atoms with Crippen LogP contribution in [0.3, 0.4) is 0 Å². The molecule has 0 radical (unpaired) electrons. The van der Waals surface area contributed by atoms with E-state index < -0.39 is 0 Å². The minimum absolute atomic E-state index is 0.396. The Morgan fingerprint density at radius 3 is 2.71 bits per heavy atom. The Kier molecular flexibility index (Phi) is 4.14. The van der Waals surface area contributed by atoms with Crippen molar-refractivity contribution in [1.29, 1.82) is 0 Å². The highest BCUT2D eigenvalue weighted by Gasteiger charge is 2.45. The highest BCUT2D eigenvalue weighted by atomic mass is 15.3. The number of piperazine rings is 1. The summed E-state index contributed by atoms with van der Waals surface area (Å²) in [6.07, 6.45) is 6.94. The van der Waals surface area contributed by atoms with Crippen molar-refractivity contribution in [2.24, 2.45) is 5.92 Å². The van der Waals surface area contributed by atoms with E-state index in [4.69, 9.17) is 0 Å². The first-order chi connectivity index (χ1) is 8.07. The molecule has 3 atom stereocenters. The number of rotatable bonds is 5. The van der Waals surface area contributed by atoms with Gasteiger partial charge in [0.25, 0.3) is 0 Å². The van der Waals surface area contributed by atoms with Crippen molar-refractivity contribution >= 4 is 0 Å². The van der Waals surface area contributed by atoms with Crippen LogP contribution in [0.1, 0.15) is 59.8 Å². The predicted octanol–water partition coefficient (Wildman–Crippen LogP) is 3.03. The van der Waals surface area contributed by atoms with Crippen LogP contribution in [0.4, 0.5) is 0 Å². The molecule has 1 aliphatic carbocycles. The standard InChI is InChI=1S/C15H30N2/c1-5-6-7-12(2)17-11-15(4,14-8-9-14)16-10-13(17)3/h12-14,16H,5-11H2,1-4H3. The lowest BCUT2D eigenvalue weighted by Gasteiger charge is -2.48. The number of hydrogen-bond acceptors (Lipinski definition) is 2. The van der Waals surface area contributed by atoms with Crippen molar-refractivity contribution in [2.75, 3.05) is 13.1 Å². The summed E-state index contributed by atoms with van der Waals surface area (Å²) in [5.41, 5.74) is 0.396. The van der Waals surface area contributed by atoms with E-state index in [9.17, 15) is 0 Å². The molecule has 2 heteroatoms. The molecule has 1 saturated carbocycles. The van der Waals surface area contributed by atoms with Gasteiger partial charge in [0.2, 0.25) is 0 Å². The van der Waals surface area contributed by atoms with Crippen molar-refractivity contribution in [3.63, 3.8) is 0 Å². The molecule has 2 aliphatic rings. The third-order valence-electron chi connectivity index (χ3n) is 4.90. The fourth-order valence-electron chi connectivity index (χ4n) is 3.34. The van der Waals surface area contributed by atoms with Gasteiger partial charge in [-0.25, -0.2) is 0 Å². The maximum atomic E-state index is 3.81. The van der Waals surface area contributed by atoms with Gasteiger partial charge < -0.3 is 5.32 Å². The lowest BCUT2D eigenvalue weighted by Crippen LogP contribution is -2.64. The van der Waals surface area contributed by atoms with Crippen molar-refractivity contribution in [2.45, 2.75) is 77.4 Å². The van der Waals surface area contributed by atoms with Gasteiger partial charge in [-0.1, -0.05) is 19.8 Å². The number of unbranched alkanes of at least 4 members (excludes halogenated alkanes) is 1. The van der Waals surface area contributed by atoms with Crippen LogP contribution >= 0.6 is 0 Å². The fraction of sp³-hybridized carbons (Fsp3) is 1.00. The lowest BCUT2D eigenvalue weighted by molar-refractivity contribution is 0.0484. The molecule has 2 rings (SSSR count). The third-order valence-corrected chi connectivity index (χ3v) is 4.90. The van der Waals surface area contributed by atoms with Crippen LogP contribution in [0.15, 0.2) is 0 Å². The molecule has 0 amide bonds. The third kappa shape index (κ3) is 3.03. The Labute approximate surface area is 107 Å². The zero-order chi connectivity index (χ0) is 12.5. The molecule has 0 spiro atoms. The van der Waals surface area contributed by atoms with E-state index in [1.165, 1.54) is 45.2 Å². The molecule has 0 aromatic carbocycles. The van der Waals surface area contributed by atoms with Gasteiger partial charge >= 0.3 is 0 Å². The van der Waals surface area contributed by atoms with Crippen LogP contribution in [0.25, 0.3) is 0 Å². The second-order valence-electron chi connectivity index (χ2n) is 6.59. The number of nitrogens with zero attached hydrogens (tertiary/aromatic N) is 1. The zero-order valence-electron chi connectivity index (χ0n) is 12.1. The van der Waals surface area contributed by atoms with Crippen LogP contribution in [0.2, 0.25) is 0 Å². The van der Waals surface area contributed by atoms with E-state index in [1.807, 2.05) is 0 Å². The quantitative estimate of drug-likeness (QED) is 0.792. The second-order valence-corrected chi connectivity index (χ2v) is 6.59. The minimum atomic E-state index is 0.396. The Balaban J connectivity index is 1.94. The largest absolute Gasteiger partial charge is 0.308 e. The molecule has 0 aromatic rings. The number of nitrogens with one attached hydrogen (secondary N) is 1. The van der Waals surface area contributed by atoms with E-state index in [-0.39, 0.29) is 0 Å². The molecule has 3 unspecified atom stereocenters. The van der Waals surface area contributed by atoms with E-state index in [0.717, 1.165) is 12.0 Å². The van der Waals surface area contributed by atoms with Gasteiger partial charge in [0, 0.05) is 30.7 Å². The normalized spacial score (nSPS) is 37.1. The Hall–Kier alpha value is -0.0800. The molecule has 100 valence electrons. The smallest absolute Gasteiger partial charge is 0.0309 e. The van der Waals surface area contributed by atoms with E-state index in [1.54, 1.807) is 0 Å². The van der Waals surface area contributed by atoms with Crippen LogP contribution < -0.4 is 5.32 Å². The molecular weight excluding hydrogens is 208 g/mol. The molecule has 1 saturated heterocycles. The van der Waals surface area contributed by atoms with Crippen LogP contribution in [0, 0.1) is 5.92 Å². The summed E-state index contributed by atoms with van der Waals surface area (Å²) in [6, 6.07) is 1.46. The van der Waals surface area contributed by atoms with Crippen LogP contribution in [0.5, 0.6) is 0 Å². The summed E-state index contributed by atoms with van der Waals surface area (Å²) in [6.45, 7) is 12.0. The first-order valence-electron chi connectivity index (χ1n) is 7.57. The van der Waals surface area contributed by atoms with Gasteiger partial charge in [0.1, 0.15) is 0 Å². The maximum absolute atomic E-state index is 3.81. The molecule has 1 aliphatic heterocycles. The second kappa shape index (κ2) is 5.27. The molecular formula is C15H30N2. The number of hydrogen-bond donors (Lipinski definition) is 1. The molecule has 2 nitrogen and oxygen atoms in total. The van der Waals surface area contributed by atoms with E-state index >= 15 is 0 Å². The summed E-state index contributed by atoms with van der Waals surface area (Å²) >= 11 is 0. The Morgan fingerprint density at radius 1 is 1.41 bits per heavy atom. The molecule has 1 N–H and O–H groups in total. The van der Waals surface area contributed by atoms with Crippen LogP contribution in [-0.2, 0) is 0 Å². The minimum Gasteiger partial charge on any atom is -0.308 e. The molecule has 2 fully saturated rings. The van der Waals surface area contributed by atoms with Gasteiger partial charge in [0.05, 0.1) is 0 Å². The molecule has 1 heterocycles. The van der Waals surface area contributed by atoms with Crippen molar-refractivity contribution < 1.29 is 0 Å². The average molecular weight is 238 g/mol. The Morgan fingerprint density at radius 2 is 2.12 bits per heavy atom. The summed E-state index contributed by atoms with van der Waals surface area (Å²) in [5.74, 6) is 0.941. The summed E-state index contributed by atoms with van der Waals surface area (Å²) in [5, 5.41) is 3.81. The van der Waals surface area contributed by atoms with Gasteiger partial charge in [-0.05, 0) is 46.0 Å². The Bertz CT molecular complexity index is 249. The first-order valence-corrected chi connectivity index (χ1v) is 7.57. The van der Waals surface area contributed by atoms with Crippen molar-refractivity contribution in [3.05, 3.63) is 0 Å². The summed E-state index contributed by atoms with van der Waals surface area (Å²) in [7, 11) is 0. The summed E-state index contributed by atoms with van der Waals surface area (Å²) in [4.78, 5) is 2.75. The maximum Gasteiger partial charge on any atom is 0.0309 e. The van der Waals surface area contributed by atoms with E-state index in [0.29, 0.717) is 11.6 Å². The summed E-state index contributed by atoms with van der Waals surface area (Å²) < 4.78 is 0. The SMILES string of the molecule is CCCCC(C)N1CC(C)(C2CC2)NCC1C. The monoisotopic (exact) mass is 238 g/mol. The molecule has 0 bridgehead atoms. The topological polar surface area (TPSA) is 15.3 Å². The van der Waals surface area contributed by atoms with Crippen molar-refractivity contribution in [1.82, 2.24) is 10.2 Å². The zero-order valence-corrected chi connectivity index (χ0v) is 12.1. The van der Waals surface area contributed by atoms with Crippen molar-refractivity contribution in [3.8, 4) is 0 Å². The predicted molar refractivity (Wildman–Crippen MR) is 74.3 cm³/mol. The van der Waals surface area contributed by atoms with Gasteiger partial charge in [0.15, 0.2) is 0 Å². The van der Waals surface area contributed by atoms with E-state index in [2.05, 4.69) is 37.9 Å². The molecule has 17 heavy (non-hydrogen) atoms. The fourth-order valence-corrected chi connectivity index (χ4v) is 3.34. The first kappa shape index (κ1) is 13.4. The average Bonchev–Trinajstić information content (AvgIpc) is 3.13.